The minimum atomic E-state index is -0.930. The molecular formula is C19H22N2O3. The molecule has 0 fully saturated rings. The molecule has 0 aliphatic carbocycles. The summed E-state index contributed by atoms with van der Waals surface area (Å²) in [7, 11) is 0. The monoisotopic (exact) mass is 326 g/mol. The number of carbonyl (C=O) groups excluding carboxylic acids is 1. The van der Waals surface area contributed by atoms with Gasteiger partial charge in [-0.3, -0.25) is 14.5 Å². The number of hydrogen-bond acceptors (Lipinski definition) is 3. The summed E-state index contributed by atoms with van der Waals surface area (Å²) in [4.78, 5) is 24.8. The summed E-state index contributed by atoms with van der Waals surface area (Å²) >= 11 is 0. The van der Waals surface area contributed by atoms with E-state index in [1.165, 1.54) is 0 Å². The quantitative estimate of drug-likeness (QED) is 0.782. The maximum atomic E-state index is 12.3. The Kier molecular flexibility index (Phi) is 6.51. The van der Waals surface area contributed by atoms with Crippen LogP contribution in [0.4, 0.5) is 5.69 Å². The Morgan fingerprint density at radius 3 is 2.33 bits per heavy atom. The van der Waals surface area contributed by atoms with Gasteiger partial charge < -0.3 is 10.4 Å². The predicted octanol–water partition coefficient (Wildman–Crippen LogP) is 3.09. The van der Waals surface area contributed by atoms with Crippen LogP contribution in [0.25, 0.3) is 11.1 Å². The third-order valence-electron chi connectivity index (χ3n) is 3.55. The molecule has 0 aliphatic heterocycles. The molecule has 0 aromatic heterocycles. The smallest absolute Gasteiger partial charge is 0.317 e. The third-order valence-corrected chi connectivity index (χ3v) is 3.55. The topological polar surface area (TPSA) is 69.6 Å². The van der Waals surface area contributed by atoms with Crippen LogP contribution in [0.15, 0.2) is 54.6 Å². The lowest BCUT2D eigenvalue weighted by molar-refractivity contribution is -0.138. The first kappa shape index (κ1) is 17.7. The Morgan fingerprint density at radius 1 is 1.00 bits per heavy atom. The molecule has 24 heavy (non-hydrogen) atoms. The summed E-state index contributed by atoms with van der Waals surface area (Å²) in [5.74, 6) is -1.14. The van der Waals surface area contributed by atoms with E-state index in [1.807, 2.05) is 61.5 Å². The van der Waals surface area contributed by atoms with Gasteiger partial charge in [0.25, 0.3) is 0 Å². The zero-order chi connectivity index (χ0) is 17.4. The summed E-state index contributed by atoms with van der Waals surface area (Å²) in [5.41, 5.74) is 2.68. The number of anilines is 1. The first-order chi connectivity index (χ1) is 11.6. The fraction of sp³-hybridized carbons (Fsp3) is 0.263. The van der Waals surface area contributed by atoms with Gasteiger partial charge in [0.15, 0.2) is 0 Å². The lowest BCUT2D eigenvalue weighted by Crippen LogP contribution is -2.37. The molecule has 126 valence electrons. The van der Waals surface area contributed by atoms with Gasteiger partial charge in [-0.2, -0.15) is 0 Å². The zero-order valence-corrected chi connectivity index (χ0v) is 13.7. The minimum absolute atomic E-state index is 0.0588. The van der Waals surface area contributed by atoms with E-state index in [1.54, 1.807) is 4.90 Å². The fourth-order valence-corrected chi connectivity index (χ4v) is 2.58. The number of carboxylic acids is 1. The number of para-hydroxylation sites is 1. The molecule has 2 N–H and O–H groups in total. The summed E-state index contributed by atoms with van der Waals surface area (Å²) in [5, 5.41) is 11.8. The van der Waals surface area contributed by atoms with Gasteiger partial charge in [-0.15, -0.1) is 0 Å². The number of hydrogen-bond donors (Lipinski definition) is 2. The normalized spacial score (nSPS) is 10.6. The van der Waals surface area contributed by atoms with E-state index in [4.69, 9.17) is 5.11 Å². The van der Waals surface area contributed by atoms with Crippen LogP contribution < -0.4 is 5.32 Å². The molecule has 2 aromatic rings. The predicted molar refractivity (Wildman–Crippen MR) is 94.9 cm³/mol. The van der Waals surface area contributed by atoms with Crippen molar-refractivity contribution in [2.24, 2.45) is 0 Å². The van der Waals surface area contributed by atoms with Gasteiger partial charge in [0.1, 0.15) is 0 Å². The van der Waals surface area contributed by atoms with E-state index in [0.29, 0.717) is 6.54 Å². The molecule has 5 heteroatoms. The largest absolute Gasteiger partial charge is 0.480 e. The molecule has 2 rings (SSSR count). The molecule has 0 saturated carbocycles. The van der Waals surface area contributed by atoms with Crippen molar-refractivity contribution in [3.8, 4) is 11.1 Å². The van der Waals surface area contributed by atoms with Crippen molar-refractivity contribution in [2.75, 3.05) is 25.0 Å². The molecule has 2 aromatic carbocycles. The van der Waals surface area contributed by atoms with Crippen LogP contribution in [0.2, 0.25) is 0 Å². The molecule has 0 radical (unpaired) electrons. The van der Waals surface area contributed by atoms with Gasteiger partial charge in [-0.25, -0.2) is 0 Å². The first-order valence-electron chi connectivity index (χ1n) is 7.98. The summed E-state index contributed by atoms with van der Waals surface area (Å²) in [6.45, 7) is 2.45. The number of carboxylic acid groups (broad SMARTS) is 1. The highest BCUT2D eigenvalue weighted by Gasteiger charge is 2.14. The Morgan fingerprint density at radius 2 is 1.67 bits per heavy atom. The van der Waals surface area contributed by atoms with E-state index in [0.717, 1.165) is 23.2 Å². The van der Waals surface area contributed by atoms with Gasteiger partial charge in [-0.05, 0) is 24.6 Å². The Labute approximate surface area is 141 Å². The molecule has 0 atom stereocenters. The highest BCUT2D eigenvalue weighted by Crippen LogP contribution is 2.27. The first-order valence-corrected chi connectivity index (χ1v) is 7.98. The Hall–Kier alpha value is -2.66. The fourth-order valence-electron chi connectivity index (χ4n) is 2.58. The van der Waals surface area contributed by atoms with Crippen LogP contribution in [-0.4, -0.2) is 41.5 Å². The number of nitrogens with one attached hydrogen (secondary N) is 1. The molecular weight excluding hydrogens is 304 g/mol. The second kappa shape index (κ2) is 8.84. The molecule has 1 amide bonds. The third kappa shape index (κ3) is 5.21. The van der Waals surface area contributed by atoms with Crippen LogP contribution in [0, 0.1) is 0 Å². The number of nitrogens with zero attached hydrogens (tertiary/aromatic N) is 1. The number of aliphatic carboxylic acids is 1. The van der Waals surface area contributed by atoms with Gasteiger partial charge in [0.2, 0.25) is 5.91 Å². The second-order valence-electron chi connectivity index (χ2n) is 5.56. The lowest BCUT2D eigenvalue weighted by atomic mass is 10.0. The number of benzene rings is 2. The second-order valence-corrected chi connectivity index (χ2v) is 5.56. The van der Waals surface area contributed by atoms with E-state index >= 15 is 0 Å². The molecule has 5 nitrogen and oxygen atoms in total. The van der Waals surface area contributed by atoms with Crippen molar-refractivity contribution in [3.63, 3.8) is 0 Å². The SMILES string of the molecule is CCCN(CC(=O)O)CC(=O)Nc1ccccc1-c1ccccc1. The van der Waals surface area contributed by atoms with E-state index in [2.05, 4.69) is 5.32 Å². The van der Waals surface area contributed by atoms with E-state index in [9.17, 15) is 9.59 Å². The minimum Gasteiger partial charge on any atom is -0.480 e. The Bertz CT molecular complexity index is 686. The molecule has 0 spiro atoms. The number of amides is 1. The molecule has 0 unspecified atom stereocenters. The Balaban J connectivity index is 2.10. The summed E-state index contributed by atoms with van der Waals surface area (Å²) < 4.78 is 0. The standard InChI is InChI=1S/C19H22N2O3/c1-2-12-21(14-19(23)24)13-18(22)20-17-11-7-6-10-16(17)15-8-4-3-5-9-15/h3-11H,2,12-14H2,1H3,(H,20,22)(H,23,24). The summed E-state index contributed by atoms with van der Waals surface area (Å²) in [6.07, 6.45) is 0.793. The van der Waals surface area contributed by atoms with Crippen molar-refractivity contribution in [1.82, 2.24) is 4.90 Å². The maximum Gasteiger partial charge on any atom is 0.317 e. The number of rotatable bonds is 8. The van der Waals surface area contributed by atoms with Crippen molar-refractivity contribution < 1.29 is 14.7 Å². The van der Waals surface area contributed by atoms with Gasteiger partial charge >= 0.3 is 5.97 Å². The molecule has 0 bridgehead atoms. The van der Waals surface area contributed by atoms with Crippen LogP contribution >= 0.6 is 0 Å². The van der Waals surface area contributed by atoms with Gasteiger partial charge in [0, 0.05) is 11.3 Å². The average Bonchev–Trinajstić information content (AvgIpc) is 2.55. The maximum absolute atomic E-state index is 12.3. The van der Waals surface area contributed by atoms with Crippen LogP contribution in [0.3, 0.4) is 0 Å². The molecule has 0 aliphatic rings. The lowest BCUT2D eigenvalue weighted by Gasteiger charge is -2.19. The molecule has 0 saturated heterocycles. The van der Waals surface area contributed by atoms with Crippen molar-refractivity contribution in [3.05, 3.63) is 54.6 Å². The average molecular weight is 326 g/mol. The van der Waals surface area contributed by atoms with Crippen molar-refractivity contribution >= 4 is 17.6 Å². The van der Waals surface area contributed by atoms with Crippen molar-refractivity contribution in [1.29, 1.82) is 0 Å². The highest BCUT2D eigenvalue weighted by atomic mass is 16.4. The summed E-state index contributed by atoms with van der Waals surface area (Å²) in [6, 6.07) is 17.4. The number of carbonyl (C=O) groups is 2. The van der Waals surface area contributed by atoms with Crippen LogP contribution in [-0.2, 0) is 9.59 Å². The van der Waals surface area contributed by atoms with E-state index in [-0.39, 0.29) is 19.0 Å². The highest BCUT2D eigenvalue weighted by molar-refractivity contribution is 5.96. The molecule has 0 heterocycles. The zero-order valence-electron chi connectivity index (χ0n) is 13.7. The van der Waals surface area contributed by atoms with Gasteiger partial charge in [-0.1, -0.05) is 55.5 Å². The van der Waals surface area contributed by atoms with Crippen LogP contribution in [0.5, 0.6) is 0 Å². The van der Waals surface area contributed by atoms with Gasteiger partial charge in [0.05, 0.1) is 13.1 Å². The van der Waals surface area contributed by atoms with Crippen molar-refractivity contribution in [2.45, 2.75) is 13.3 Å². The van der Waals surface area contributed by atoms with Crippen LogP contribution in [0.1, 0.15) is 13.3 Å². The van der Waals surface area contributed by atoms with E-state index < -0.39 is 5.97 Å².